The molecule has 1 aromatic carbocycles. The van der Waals surface area contributed by atoms with E-state index in [1.165, 1.54) is 18.2 Å². The molecular weight excluding hydrogens is 289 g/mol. The normalized spacial score (nSPS) is 19.7. The molecule has 0 unspecified atom stereocenters. The largest absolute Gasteiger partial charge is 0.394 e. The van der Waals surface area contributed by atoms with E-state index in [0.29, 0.717) is 16.6 Å². The van der Waals surface area contributed by atoms with Crippen LogP contribution in [-0.2, 0) is 0 Å². The molecule has 1 saturated heterocycles. The van der Waals surface area contributed by atoms with Crippen molar-refractivity contribution < 1.29 is 14.3 Å². The number of carbonyl (C=O) groups excluding carboxylic acids is 1. The van der Waals surface area contributed by atoms with Gasteiger partial charge in [-0.15, -0.1) is 0 Å². The van der Waals surface area contributed by atoms with Gasteiger partial charge < -0.3 is 10.0 Å². The van der Waals surface area contributed by atoms with Gasteiger partial charge in [-0.25, -0.2) is 4.39 Å². The summed E-state index contributed by atoms with van der Waals surface area (Å²) in [5, 5.41) is 9.18. The van der Waals surface area contributed by atoms with Gasteiger partial charge in [0, 0.05) is 11.0 Å². The first kappa shape index (κ1) is 12.5. The van der Waals surface area contributed by atoms with Crippen molar-refractivity contribution in [2.75, 3.05) is 13.2 Å². The molecule has 0 aromatic heterocycles. The first-order valence-electron chi connectivity index (χ1n) is 5.50. The molecule has 1 aromatic rings. The Morgan fingerprint density at radius 1 is 1.59 bits per heavy atom. The van der Waals surface area contributed by atoms with E-state index in [9.17, 15) is 14.3 Å². The molecular formula is C12H13BrFNO2. The van der Waals surface area contributed by atoms with E-state index in [2.05, 4.69) is 15.9 Å². The lowest BCUT2D eigenvalue weighted by atomic mass is 10.1. The summed E-state index contributed by atoms with van der Waals surface area (Å²) in [4.78, 5) is 13.9. The summed E-state index contributed by atoms with van der Waals surface area (Å²) in [5.74, 6) is -0.540. The minimum Gasteiger partial charge on any atom is -0.394 e. The lowest BCUT2D eigenvalue weighted by molar-refractivity contribution is 0.0676. The molecule has 1 amide bonds. The Balaban J connectivity index is 2.24. The van der Waals surface area contributed by atoms with Crippen LogP contribution in [0, 0.1) is 5.82 Å². The van der Waals surface area contributed by atoms with Crippen LogP contribution in [0.1, 0.15) is 23.2 Å². The second kappa shape index (κ2) is 5.14. The molecule has 1 heterocycles. The van der Waals surface area contributed by atoms with Gasteiger partial charge in [0.1, 0.15) is 5.82 Å². The van der Waals surface area contributed by atoms with Crippen LogP contribution in [-0.4, -0.2) is 35.1 Å². The van der Waals surface area contributed by atoms with Crippen LogP contribution in [0.15, 0.2) is 22.7 Å². The average molecular weight is 302 g/mol. The van der Waals surface area contributed by atoms with E-state index in [4.69, 9.17) is 0 Å². The first-order chi connectivity index (χ1) is 8.13. The van der Waals surface area contributed by atoms with E-state index in [0.717, 1.165) is 12.8 Å². The van der Waals surface area contributed by atoms with Crippen molar-refractivity contribution >= 4 is 21.8 Å². The highest BCUT2D eigenvalue weighted by molar-refractivity contribution is 9.10. The lowest BCUT2D eigenvalue weighted by Crippen LogP contribution is -2.37. The van der Waals surface area contributed by atoms with Crippen molar-refractivity contribution in [2.45, 2.75) is 18.9 Å². The maximum Gasteiger partial charge on any atom is 0.255 e. The van der Waals surface area contributed by atoms with Gasteiger partial charge in [0.25, 0.3) is 5.91 Å². The highest BCUT2D eigenvalue weighted by Gasteiger charge is 2.29. The van der Waals surface area contributed by atoms with Gasteiger partial charge in [-0.2, -0.15) is 0 Å². The molecule has 0 spiro atoms. The van der Waals surface area contributed by atoms with Crippen LogP contribution < -0.4 is 0 Å². The Labute approximate surface area is 107 Å². The van der Waals surface area contributed by atoms with E-state index >= 15 is 0 Å². The molecule has 1 aliphatic heterocycles. The van der Waals surface area contributed by atoms with Crippen LogP contribution in [0.5, 0.6) is 0 Å². The van der Waals surface area contributed by atoms with E-state index < -0.39 is 0 Å². The molecule has 1 fully saturated rings. The maximum absolute atomic E-state index is 12.9. The summed E-state index contributed by atoms with van der Waals surface area (Å²) in [6, 6.07) is 3.90. The number of aliphatic hydroxyl groups excluding tert-OH is 1. The Bertz CT molecular complexity index is 439. The zero-order valence-electron chi connectivity index (χ0n) is 9.20. The van der Waals surface area contributed by atoms with Gasteiger partial charge in [0.2, 0.25) is 0 Å². The summed E-state index contributed by atoms with van der Waals surface area (Å²) in [6.45, 7) is 0.623. The fourth-order valence-electron chi connectivity index (χ4n) is 2.11. The average Bonchev–Trinajstić information content (AvgIpc) is 2.76. The molecule has 3 nitrogen and oxygen atoms in total. The second-order valence-corrected chi connectivity index (χ2v) is 4.96. The highest BCUT2D eigenvalue weighted by atomic mass is 79.9. The number of hydrogen-bond acceptors (Lipinski definition) is 2. The zero-order valence-corrected chi connectivity index (χ0v) is 10.8. The fourth-order valence-corrected chi connectivity index (χ4v) is 2.63. The summed E-state index contributed by atoms with van der Waals surface area (Å²) in [5.41, 5.74) is 0.437. The Morgan fingerprint density at radius 2 is 2.35 bits per heavy atom. The predicted molar refractivity (Wildman–Crippen MR) is 65.2 cm³/mol. The van der Waals surface area contributed by atoms with Gasteiger partial charge in [-0.3, -0.25) is 4.79 Å². The predicted octanol–water partition coefficient (Wildman–Crippen LogP) is 2.19. The van der Waals surface area contributed by atoms with Gasteiger partial charge in [0.05, 0.1) is 18.2 Å². The number of aliphatic hydroxyl groups is 1. The molecule has 1 atom stereocenters. The minimum atomic E-state index is -0.381. The molecule has 92 valence electrons. The number of hydrogen-bond donors (Lipinski definition) is 1. The van der Waals surface area contributed by atoms with Crippen molar-refractivity contribution in [2.24, 2.45) is 0 Å². The molecule has 0 radical (unpaired) electrons. The standard InChI is InChI=1S/C12H13BrFNO2/c13-11-6-8(14)3-4-10(11)12(17)15-5-1-2-9(15)7-16/h3-4,6,9,16H,1-2,5,7H2/t9-/m1/s1. The third kappa shape index (κ3) is 2.50. The smallest absolute Gasteiger partial charge is 0.255 e. The minimum absolute atomic E-state index is 0.0233. The number of rotatable bonds is 2. The van der Waals surface area contributed by atoms with Crippen molar-refractivity contribution in [1.82, 2.24) is 4.90 Å². The number of halogens is 2. The highest BCUT2D eigenvalue weighted by Crippen LogP contribution is 2.24. The van der Waals surface area contributed by atoms with Gasteiger partial charge in [-0.1, -0.05) is 0 Å². The van der Waals surface area contributed by atoms with Gasteiger partial charge >= 0.3 is 0 Å². The molecule has 1 aliphatic rings. The monoisotopic (exact) mass is 301 g/mol. The van der Waals surface area contributed by atoms with Crippen LogP contribution in [0.2, 0.25) is 0 Å². The van der Waals surface area contributed by atoms with E-state index in [1.54, 1.807) is 4.90 Å². The number of carbonyl (C=O) groups is 1. The maximum atomic E-state index is 12.9. The molecule has 0 saturated carbocycles. The third-order valence-electron chi connectivity index (χ3n) is 3.01. The summed E-state index contributed by atoms with van der Waals surface area (Å²) < 4.78 is 13.4. The number of amides is 1. The van der Waals surface area contributed by atoms with Crippen LogP contribution in [0.4, 0.5) is 4.39 Å². The second-order valence-electron chi connectivity index (χ2n) is 4.10. The van der Waals surface area contributed by atoms with Crippen molar-refractivity contribution in [1.29, 1.82) is 0 Å². The lowest BCUT2D eigenvalue weighted by Gasteiger charge is -2.23. The zero-order chi connectivity index (χ0) is 12.4. The van der Waals surface area contributed by atoms with E-state index in [1.807, 2.05) is 0 Å². The Hall–Kier alpha value is -0.940. The fraction of sp³-hybridized carbons (Fsp3) is 0.417. The molecule has 0 aliphatic carbocycles. The summed E-state index contributed by atoms with van der Waals surface area (Å²) in [6.07, 6.45) is 1.72. The van der Waals surface area contributed by atoms with E-state index in [-0.39, 0.29) is 24.4 Å². The summed E-state index contributed by atoms with van der Waals surface area (Å²) >= 11 is 3.19. The van der Waals surface area contributed by atoms with Crippen LogP contribution >= 0.6 is 15.9 Å². The van der Waals surface area contributed by atoms with Crippen LogP contribution in [0.3, 0.4) is 0 Å². The molecule has 17 heavy (non-hydrogen) atoms. The quantitative estimate of drug-likeness (QED) is 0.910. The number of likely N-dealkylation sites (tertiary alicyclic amines) is 1. The van der Waals surface area contributed by atoms with Crippen molar-refractivity contribution in [3.8, 4) is 0 Å². The van der Waals surface area contributed by atoms with Crippen LogP contribution in [0.25, 0.3) is 0 Å². The Morgan fingerprint density at radius 3 is 3.00 bits per heavy atom. The molecule has 0 bridgehead atoms. The topological polar surface area (TPSA) is 40.5 Å². The van der Waals surface area contributed by atoms with Crippen molar-refractivity contribution in [3.63, 3.8) is 0 Å². The Kier molecular flexibility index (Phi) is 3.79. The van der Waals surface area contributed by atoms with Gasteiger partial charge in [0.15, 0.2) is 0 Å². The molecule has 5 heteroatoms. The SMILES string of the molecule is O=C(c1ccc(F)cc1Br)N1CCC[C@@H]1CO. The first-order valence-corrected chi connectivity index (χ1v) is 6.29. The number of benzene rings is 1. The molecule has 2 rings (SSSR count). The number of nitrogens with zero attached hydrogens (tertiary/aromatic N) is 1. The van der Waals surface area contributed by atoms with Crippen molar-refractivity contribution in [3.05, 3.63) is 34.1 Å². The third-order valence-corrected chi connectivity index (χ3v) is 3.67. The summed E-state index contributed by atoms with van der Waals surface area (Å²) in [7, 11) is 0. The molecule has 1 N–H and O–H groups in total. The van der Waals surface area contributed by atoms with Gasteiger partial charge in [-0.05, 0) is 47.0 Å².